The molecule has 0 bridgehead atoms. The third-order valence-electron chi connectivity index (χ3n) is 3.01. The largest absolute Gasteiger partial charge is 0.452 e. The summed E-state index contributed by atoms with van der Waals surface area (Å²) in [6, 6.07) is 15.3. The van der Waals surface area contributed by atoms with Crippen molar-refractivity contribution in [3.63, 3.8) is 0 Å². The lowest BCUT2D eigenvalue weighted by Crippen LogP contribution is -2.39. The predicted molar refractivity (Wildman–Crippen MR) is 72.0 cm³/mol. The maximum atomic E-state index is 12.2. The van der Waals surface area contributed by atoms with E-state index < -0.39 is 5.79 Å². The number of fused-ring (bicyclic) bond motifs is 1. The molecule has 0 saturated heterocycles. The molecule has 0 aromatic heterocycles. The van der Waals surface area contributed by atoms with E-state index in [0.717, 1.165) is 11.1 Å². The number of carbonyl (C=O) groups excluding carboxylic acids is 1. The summed E-state index contributed by atoms with van der Waals surface area (Å²) in [6.45, 7) is 3.45. The van der Waals surface area contributed by atoms with Crippen molar-refractivity contribution in [1.29, 1.82) is 0 Å². The first-order valence-corrected chi connectivity index (χ1v) is 6.18. The third kappa shape index (κ3) is 2.08. The number of hydrogen-bond acceptors (Lipinski definition) is 3. The topological polar surface area (TPSA) is 35.5 Å². The molecular formula is C16H14O3. The number of cyclic esters (lactones) is 1. The van der Waals surface area contributed by atoms with E-state index in [9.17, 15) is 4.79 Å². The van der Waals surface area contributed by atoms with Crippen LogP contribution in [0, 0.1) is 0 Å². The van der Waals surface area contributed by atoms with Gasteiger partial charge in [0.2, 0.25) is 5.79 Å². The van der Waals surface area contributed by atoms with Gasteiger partial charge in [-0.05, 0) is 17.2 Å². The summed E-state index contributed by atoms with van der Waals surface area (Å²) in [5.41, 5.74) is 2.30. The van der Waals surface area contributed by atoms with Crippen molar-refractivity contribution in [2.45, 2.75) is 19.6 Å². The Hall–Kier alpha value is -2.29. The first-order valence-electron chi connectivity index (χ1n) is 6.18. The van der Waals surface area contributed by atoms with Crippen LogP contribution in [0.2, 0.25) is 0 Å². The molecule has 2 aromatic rings. The summed E-state index contributed by atoms with van der Waals surface area (Å²) < 4.78 is 11.0. The summed E-state index contributed by atoms with van der Waals surface area (Å²) in [4.78, 5) is 12.2. The standard InChI is InChI=1S/C16H14O3/c1-16(2)18-13-10-6-9-12(14(13)15(17)19-16)11-7-4-3-5-8-11/h3-10H,1-2H3. The van der Waals surface area contributed by atoms with Crippen molar-refractivity contribution >= 4 is 5.97 Å². The second-order valence-electron chi connectivity index (χ2n) is 4.94. The van der Waals surface area contributed by atoms with Crippen molar-refractivity contribution < 1.29 is 14.3 Å². The maximum Gasteiger partial charge on any atom is 0.345 e. The Morgan fingerprint density at radius 2 is 1.63 bits per heavy atom. The Balaban J connectivity index is 2.18. The van der Waals surface area contributed by atoms with Crippen LogP contribution in [-0.4, -0.2) is 11.8 Å². The zero-order chi connectivity index (χ0) is 13.5. The Kier molecular flexibility index (Phi) is 2.56. The Bertz CT molecular complexity index is 630. The van der Waals surface area contributed by atoms with Crippen LogP contribution in [0.25, 0.3) is 11.1 Å². The lowest BCUT2D eigenvalue weighted by atomic mass is 9.98. The van der Waals surface area contributed by atoms with Crippen molar-refractivity contribution in [2.24, 2.45) is 0 Å². The summed E-state index contributed by atoms with van der Waals surface area (Å²) in [5, 5.41) is 0. The molecule has 3 heteroatoms. The van der Waals surface area contributed by atoms with E-state index in [2.05, 4.69) is 0 Å². The van der Waals surface area contributed by atoms with Gasteiger partial charge in [-0.1, -0.05) is 42.5 Å². The van der Waals surface area contributed by atoms with Crippen molar-refractivity contribution in [3.8, 4) is 16.9 Å². The second kappa shape index (κ2) is 4.12. The number of rotatable bonds is 1. The summed E-state index contributed by atoms with van der Waals surface area (Å²) in [5.74, 6) is -0.687. The van der Waals surface area contributed by atoms with Gasteiger partial charge in [0.05, 0.1) is 0 Å². The summed E-state index contributed by atoms with van der Waals surface area (Å²) >= 11 is 0. The van der Waals surface area contributed by atoms with Crippen molar-refractivity contribution in [3.05, 3.63) is 54.1 Å². The lowest BCUT2D eigenvalue weighted by molar-refractivity contribution is -0.127. The van der Waals surface area contributed by atoms with E-state index in [-0.39, 0.29) is 5.97 Å². The van der Waals surface area contributed by atoms with E-state index in [1.165, 1.54) is 0 Å². The van der Waals surface area contributed by atoms with E-state index in [1.54, 1.807) is 19.9 Å². The fourth-order valence-corrected chi connectivity index (χ4v) is 2.24. The van der Waals surface area contributed by atoms with Crippen LogP contribution in [0.3, 0.4) is 0 Å². The molecule has 0 amide bonds. The number of benzene rings is 2. The van der Waals surface area contributed by atoms with Gasteiger partial charge >= 0.3 is 5.97 Å². The van der Waals surface area contributed by atoms with Crippen molar-refractivity contribution in [1.82, 2.24) is 0 Å². The highest BCUT2D eigenvalue weighted by Crippen LogP contribution is 2.37. The molecule has 0 atom stereocenters. The quantitative estimate of drug-likeness (QED) is 0.729. The molecule has 0 spiro atoms. The number of hydrogen-bond donors (Lipinski definition) is 0. The molecule has 0 N–H and O–H groups in total. The number of carbonyl (C=O) groups is 1. The SMILES string of the molecule is CC1(C)OC(=O)c2c(cccc2-c2ccccc2)O1. The molecule has 3 rings (SSSR count). The van der Waals surface area contributed by atoms with Gasteiger partial charge in [-0.2, -0.15) is 0 Å². The highest BCUT2D eigenvalue weighted by molar-refractivity contribution is 6.01. The minimum atomic E-state index is -0.917. The molecule has 1 aliphatic rings. The number of esters is 1. The van der Waals surface area contributed by atoms with Crippen LogP contribution in [0.4, 0.5) is 0 Å². The van der Waals surface area contributed by atoms with Crippen LogP contribution in [0.15, 0.2) is 48.5 Å². The van der Waals surface area contributed by atoms with Gasteiger partial charge in [0.25, 0.3) is 0 Å². The Labute approximate surface area is 111 Å². The van der Waals surface area contributed by atoms with E-state index in [1.807, 2.05) is 42.5 Å². The molecule has 0 saturated carbocycles. The minimum absolute atomic E-state index is 0.342. The van der Waals surface area contributed by atoms with Crippen LogP contribution in [0.1, 0.15) is 24.2 Å². The normalized spacial score (nSPS) is 16.2. The zero-order valence-electron chi connectivity index (χ0n) is 10.8. The molecule has 96 valence electrons. The first-order chi connectivity index (χ1) is 9.07. The van der Waals surface area contributed by atoms with Crippen LogP contribution in [-0.2, 0) is 4.74 Å². The second-order valence-corrected chi connectivity index (χ2v) is 4.94. The fourth-order valence-electron chi connectivity index (χ4n) is 2.24. The van der Waals surface area contributed by atoms with Crippen LogP contribution >= 0.6 is 0 Å². The molecule has 0 fully saturated rings. The van der Waals surface area contributed by atoms with Gasteiger partial charge in [0.15, 0.2) is 0 Å². The van der Waals surface area contributed by atoms with Gasteiger partial charge in [0, 0.05) is 13.8 Å². The predicted octanol–water partition coefficient (Wildman–Crippen LogP) is 3.64. The molecule has 0 unspecified atom stereocenters. The Morgan fingerprint density at radius 1 is 0.895 bits per heavy atom. The molecule has 0 aliphatic carbocycles. The average Bonchev–Trinajstić information content (AvgIpc) is 2.37. The van der Waals surface area contributed by atoms with E-state index in [0.29, 0.717) is 11.3 Å². The van der Waals surface area contributed by atoms with Gasteiger partial charge < -0.3 is 9.47 Å². The van der Waals surface area contributed by atoms with Gasteiger partial charge in [0.1, 0.15) is 11.3 Å². The highest BCUT2D eigenvalue weighted by Gasteiger charge is 2.35. The van der Waals surface area contributed by atoms with E-state index >= 15 is 0 Å². The molecule has 0 radical (unpaired) electrons. The maximum absolute atomic E-state index is 12.2. The molecule has 3 nitrogen and oxygen atoms in total. The highest BCUT2D eigenvalue weighted by atomic mass is 16.7. The molecule has 2 aromatic carbocycles. The van der Waals surface area contributed by atoms with Gasteiger partial charge in [-0.25, -0.2) is 4.79 Å². The summed E-state index contributed by atoms with van der Waals surface area (Å²) in [6.07, 6.45) is 0. The summed E-state index contributed by atoms with van der Waals surface area (Å²) in [7, 11) is 0. The van der Waals surface area contributed by atoms with Crippen molar-refractivity contribution in [2.75, 3.05) is 0 Å². The number of ether oxygens (including phenoxy) is 2. The molecular weight excluding hydrogens is 240 g/mol. The molecule has 19 heavy (non-hydrogen) atoms. The van der Waals surface area contributed by atoms with E-state index in [4.69, 9.17) is 9.47 Å². The minimum Gasteiger partial charge on any atom is -0.452 e. The smallest absolute Gasteiger partial charge is 0.345 e. The lowest BCUT2D eigenvalue weighted by Gasteiger charge is -2.32. The monoisotopic (exact) mass is 254 g/mol. The molecule has 1 heterocycles. The average molecular weight is 254 g/mol. The van der Waals surface area contributed by atoms with Crippen LogP contribution in [0.5, 0.6) is 5.75 Å². The fraction of sp³-hybridized carbons (Fsp3) is 0.188. The van der Waals surface area contributed by atoms with Gasteiger partial charge in [-0.3, -0.25) is 0 Å². The molecule has 1 aliphatic heterocycles. The third-order valence-corrected chi connectivity index (χ3v) is 3.01. The zero-order valence-corrected chi connectivity index (χ0v) is 10.8. The Morgan fingerprint density at radius 3 is 2.37 bits per heavy atom. The first kappa shape index (κ1) is 11.8. The van der Waals surface area contributed by atoms with Crippen LogP contribution < -0.4 is 4.74 Å². The van der Waals surface area contributed by atoms with Gasteiger partial charge in [-0.15, -0.1) is 0 Å².